The van der Waals surface area contributed by atoms with Gasteiger partial charge in [0.2, 0.25) is 0 Å². The zero-order valence-electron chi connectivity index (χ0n) is 8.64. The lowest BCUT2D eigenvalue weighted by Crippen LogP contribution is -2.52. The molecule has 1 aliphatic heterocycles. The van der Waals surface area contributed by atoms with Crippen LogP contribution < -0.4 is 0 Å². The van der Waals surface area contributed by atoms with Gasteiger partial charge in [-0.25, -0.2) is 4.79 Å². The molecule has 0 aromatic heterocycles. The van der Waals surface area contributed by atoms with Crippen LogP contribution in [0.15, 0.2) is 0 Å². The van der Waals surface area contributed by atoms with E-state index in [1.165, 1.54) is 4.90 Å². The van der Waals surface area contributed by atoms with E-state index in [-0.39, 0.29) is 19.8 Å². The molecule has 1 aliphatic rings. The summed E-state index contributed by atoms with van der Waals surface area (Å²) in [5.74, 6) is -1.59. The lowest BCUT2D eigenvalue weighted by Gasteiger charge is -2.33. The topological polar surface area (TPSA) is 76.1 Å². The van der Waals surface area contributed by atoms with Gasteiger partial charge in [0.25, 0.3) is 0 Å². The van der Waals surface area contributed by atoms with Crippen molar-refractivity contribution in [1.29, 1.82) is 0 Å². The summed E-state index contributed by atoms with van der Waals surface area (Å²) in [5.41, 5.74) is 0. The van der Waals surface area contributed by atoms with Crippen LogP contribution >= 0.6 is 0 Å². The van der Waals surface area contributed by atoms with Gasteiger partial charge < -0.3 is 19.5 Å². The van der Waals surface area contributed by atoms with Gasteiger partial charge in [0, 0.05) is 6.54 Å². The third kappa shape index (κ3) is 2.90. The number of aliphatic hydroxyl groups is 1. The summed E-state index contributed by atoms with van der Waals surface area (Å²) in [6.07, 6.45) is 0. The lowest BCUT2D eigenvalue weighted by atomic mass is 10.2. The number of carbonyl (C=O) groups is 2. The fraction of sp³-hybridized carbons (Fsp3) is 0.778. The van der Waals surface area contributed by atoms with Crippen LogP contribution in [0.2, 0.25) is 0 Å². The van der Waals surface area contributed by atoms with Crippen LogP contribution in [-0.4, -0.2) is 60.9 Å². The molecule has 1 heterocycles. The Labute approximate surface area is 87.8 Å². The summed E-state index contributed by atoms with van der Waals surface area (Å²) in [5, 5.41) is 9.00. The van der Waals surface area contributed by atoms with Crippen LogP contribution in [0.1, 0.15) is 6.92 Å². The first-order chi connectivity index (χ1) is 7.20. The highest BCUT2D eigenvalue weighted by atomic mass is 16.5. The predicted octanol–water partition coefficient (Wildman–Crippen LogP) is -1.23. The quantitative estimate of drug-likeness (QED) is 0.463. The van der Waals surface area contributed by atoms with Gasteiger partial charge in [-0.15, -0.1) is 0 Å². The van der Waals surface area contributed by atoms with Gasteiger partial charge >= 0.3 is 11.9 Å². The van der Waals surface area contributed by atoms with Crippen LogP contribution in [0.5, 0.6) is 0 Å². The van der Waals surface area contributed by atoms with Gasteiger partial charge in [-0.2, -0.15) is 0 Å². The molecule has 0 radical (unpaired) electrons. The second kappa shape index (κ2) is 5.67. The van der Waals surface area contributed by atoms with E-state index in [0.717, 1.165) is 0 Å². The minimum absolute atomic E-state index is 0.165. The number of hydrogen-bond donors (Lipinski definition) is 1. The molecule has 1 unspecified atom stereocenters. The number of hydrogen-bond acceptors (Lipinski definition) is 5. The van der Waals surface area contributed by atoms with Crippen LogP contribution in [0, 0.1) is 0 Å². The number of aliphatic hydroxyl groups excluding tert-OH is 1. The molecule has 1 N–H and O–H groups in total. The van der Waals surface area contributed by atoms with Gasteiger partial charge in [-0.3, -0.25) is 4.79 Å². The number of amides is 1. The number of rotatable bonds is 2. The van der Waals surface area contributed by atoms with Crippen LogP contribution in [0.3, 0.4) is 0 Å². The van der Waals surface area contributed by atoms with Gasteiger partial charge in [-0.1, -0.05) is 0 Å². The maximum Gasteiger partial charge on any atom is 0.397 e. The molecule has 1 amide bonds. The van der Waals surface area contributed by atoms with Crippen molar-refractivity contribution in [3.8, 4) is 0 Å². The number of ether oxygens (including phenoxy) is 2. The summed E-state index contributed by atoms with van der Waals surface area (Å²) in [6, 6.07) is -0.448. The zero-order valence-corrected chi connectivity index (χ0v) is 8.64. The zero-order chi connectivity index (χ0) is 11.3. The minimum Gasteiger partial charge on any atom is -0.459 e. The molecule has 1 fully saturated rings. The molecule has 6 heteroatoms. The van der Waals surface area contributed by atoms with Gasteiger partial charge in [0.1, 0.15) is 0 Å². The SMILES string of the molecule is CCOC(=O)C(=O)N1CCOCC1CO. The first kappa shape index (κ1) is 11.9. The van der Waals surface area contributed by atoms with E-state index in [1.54, 1.807) is 6.92 Å². The predicted molar refractivity (Wildman–Crippen MR) is 50.0 cm³/mol. The van der Waals surface area contributed by atoms with Crippen molar-refractivity contribution in [2.24, 2.45) is 0 Å². The Morgan fingerprint density at radius 3 is 2.93 bits per heavy atom. The first-order valence-corrected chi connectivity index (χ1v) is 4.87. The monoisotopic (exact) mass is 217 g/mol. The molecule has 86 valence electrons. The van der Waals surface area contributed by atoms with Crippen molar-refractivity contribution in [3.63, 3.8) is 0 Å². The summed E-state index contributed by atoms with van der Waals surface area (Å²) in [6.45, 7) is 2.52. The molecule has 0 bridgehead atoms. The number of morpholine rings is 1. The summed E-state index contributed by atoms with van der Waals surface area (Å²) in [7, 11) is 0. The van der Waals surface area contributed by atoms with Crippen molar-refractivity contribution < 1.29 is 24.2 Å². The van der Waals surface area contributed by atoms with Crippen molar-refractivity contribution in [1.82, 2.24) is 4.90 Å². The molecule has 15 heavy (non-hydrogen) atoms. The molecule has 1 atom stereocenters. The number of nitrogens with zero attached hydrogens (tertiary/aromatic N) is 1. The Hall–Kier alpha value is -1.14. The number of esters is 1. The number of carbonyl (C=O) groups excluding carboxylic acids is 2. The van der Waals surface area contributed by atoms with E-state index < -0.39 is 17.9 Å². The normalized spacial score (nSPS) is 21.2. The molecule has 1 saturated heterocycles. The van der Waals surface area contributed by atoms with Crippen molar-refractivity contribution in [2.45, 2.75) is 13.0 Å². The van der Waals surface area contributed by atoms with E-state index in [1.807, 2.05) is 0 Å². The van der Waals surface area contributed by atoms with Crippen LogP contribution in [0.25, 0.3) is 0 Å². The molecule has 6 nitrogen and oxygen atoms in total. The van der Waals surface area contributed by atoms with E-state index >= 15 is 0 Å². The largest absolute Gasteiger partial charge is 0.459 e. The second-order valence-corrected chi connectivity index (χ2v) is 3.13. The Bertz CT molecular complexity index is 243. The van der Waals surface area contributed by atoms with E-state index in [4.69, 9.17) is 9.84 Å². The Morgan fingerprint density at radius 1 is 1.60 bits per heavy atom. The van der Waals surface area contributed by atoms with E-state index in [9.17, 15) is 9.59 Å². The second-order valence-electron chi connectivity index (χ2n) is 3.13. The average molecular weight is 217 g/mol. The summed E-state index contributed by atoms with van der Waals surface area (Å²) in [4.78, 5) is 24.0. The molecular weight excluding hydrogens is 202 g/mol. The molecular formula is C9H15NO5. The third-order valence-electron chi connectivity index (χ3n) is 2.15. The maximum absolute atomic E-state index is 11.5. The Kier molecular flexibility index (Phi) is 4.51. The average Bonchev–Trinajstić information content (AvgIpc) is 2.28. The highest BCUT2D eigenvalue weighted by Gasteiger charge is 2.31. The summed E-state index contributed by atoms with van der Waals surface area (Å²) >= 11 is 0. The van der Waals surface area contributed by atoms with E-state index in [2.05, 4.69) is 4.74 Å². The van der Waals surface area contributed by atoms with Gasteiger partial charge in [-0.05, 0) is 6.92 Å². The molecule has 0 aromatic carbocycles. The van der Waals surface area contributed by atoms with Crippen molar-refractivity contribution in [3.05, 3.63) is 0 Å². The summed E-state index contributed by atoms with van der Waals surface area (Å²) < 4.78 is 9.68. The highest BCUT2D eigenvalue weighted by molar-refractivity contribution is 6.32. The van der Waals surface area contributed by atoms with Gasteiger partial charge in [0.05, 0.1) is 32.5 Å². The fourth-order valence-electron chi connectivity index (χ4n) is 1.38. The Morgan fingerprint density at radius 2 is 2.33 bits per heavy atom. The van der Waals surface area contributed by atoms with E-state index in [0.29, 0.717) is 13.2 Å². The molecule has 0 saturated carbocycles. The first-order valence-electron chi connectivity index (χ1n) is 4.87. The maximum atomic E-state index is 11.5. The molecule has 0 spiro atoms. The third-order valence-corrected chi connectivity index (χ3v) is 2.15. The molecule has 0 aromatic rings. The lowest BCUT2D eigenvalue weighted by molar-refractivity contribution is -0.165. The standard InChI is InChI=1S/C9H15NO5/c1-2-15-9(13)8(12)10-3-4-14-6-7(10)5-11/h7,11H,2-6H2,1H3. The van der Waals surface area contributed by atoms with Gasteiger partial charge in [0.15, 0.2) is 0 Å². The van der Waals surface area contributed by atoms with Crippen molar-refractivity contribution in [2.75, 3.05) is 33.0 Å². The minimum atomic E-state index is -0.877. The van der Waals surface area contributed by atoms with Crippen LogP contribution in [-0.2, 0) is 19.1 Å². The van der Waals surface area contributed by atoms with Crippen molar-refractivity contribution >= 4 is 11.9 Å². The fourth-order valence-corrected chi connectivity index (χ4v) is 1.38. The Balaban J connectivity index is 2.59. The smallest absolute Gasteiger partial charge is 0.397 e. The molecule has 1 rings (SSSR count). The molecule has 0 aliphatic carbocycles. The van der Waals surface area contributed by atoms with Crippen LogP contribution in [0.4, 0.5) is 0 Å². The highest BCUT2D eigenvalue weighted by Crippen LogP contribution is 2.07.